The molecule has 0 aromatic carbocycles. The molecule has 0 spiro atoms. The largest absolute Gasteiger partial charge is 0.481 e. The van der Waals surface area contributed by atoms with Crippen molar-refractivity contribution in [2.45, 2.75) is 31.7 Å². The van der Waals surface area contributed by atoms with Crippen molar-refractivity contribution in [3.63, 3.8) is 0 Å². The molecule has 2 aromatic rings. The lowest BCUT2D eigenvalue weighted by Gasteiger charge is -2.07. The molecule has 20 heavy (non-hydrogen) atoms. The van der Waals surface area contributed by atoms with E-state index < -0.39 is 5.97 Å². The zero-order valence-electron chi connectivity index (χ0n) is 10.8. The Labute approximate surface area is 123 Å². The number of hydrogen-bond donors (Lipinski definition) is 2. The second-order valence-corrected chi connectivity index (χ2v) is 5.91. The Bertz CT molecular complexity index is 596. The molecule has 2 rings (SSSR count). The summed E-state index contributed by atoms with van der Waals surface area (Å²) >= 11 is 2.67. The van der Waals surface area contributed by atoms with Crippen LogP contribution in [0.25, 0.3) is 0 Å². The molecule has 2 heterocycles. The van der Waals surface area contributed by atoms with E-state index in [0.717, 1.165) is 22.5 Å². The number of carboxylic acid groups (broad SMARTS) is 1. The van der Waals surface area contributed by atoms with Crippen molar-refractivity contribution < 1.29 is 15.0 Å². The van der Waals surface area contributed by atoms with E-state index in [0.29, 0.717) is 23.9 Å². The number of aliphatic hydroxyl groups excluding tert-OH is 1. The minimum Gasteiger partial charge on any atom is -0.481 e. The molecule has 7 nitrogen and oxygen atoms in total. The van der Waals surface area contributed by atoms with Crippen LogP contribution in [0, 0.1) is 6.92 Å². The summed E-state index contributed by atoms with van der Waals surface area (Å²) in [5.41, 5.74) is 0.983. The fraction of sp³-hybridized carbons (Fsp3) is 0.455. The van der Waals surface area contributed by atoms with Crippen LogP contribution in [0.3, 0.4) is 0 Å². The Kier molecular flexibility index (Phi) is 5.10. The lowest BCUT2D eigenvalue weighted by Crippen LogP contribution is -2.09. The van der Waals surface area contributed by atoms with Gasteiger partial charge in [-0.1, -0.05) is 11.8 Å². The van der Waals surface area contributed by atoms with Gasteiger partial charge in [-0.05, 0) is 6.92 Å². The van der Waals surface area contributed by atoms with Crippen molar-refractivity contribution in [2.75, 3.05) is 5.75 Å². The average molecular weight is 314 g/mol. The standard InChI is InChI=1S/C11H14N4O3S2/c1-7-5-19-9(12-7)2-3-15-8(4-16)13-14-11(15)20-6-10(17)18/h5,16H,2-4,6H2,1H3,(H,17,18). The van der Waals surface area contributed by atoms with Crippen molar-refractivity contribution in [3.05, 3.63) is 21.9 Å². The van der Waals surface area contributed by atoms with Crippen molar-refractivity contribution in [2.24, 2.45) is 0 Å². The maximum absolute atomic E-state index is 10.6. The SMILES string of the molecule is Cc1csc(CCn2c(CO)nnc2SCC(=O)O)n1. The predicted octanol–water partition coefficient (Wildman–Crippen LogP) is 0.955. The summed E-state index contributed by atoms with van der Waals surface area (Å²) in [5.74, 6) is -0.559. The molecule has 2 aromatic heterocycles. The van der Waals surface area contributed by atoms with Gasteiger partial charge in [0.1, 0.15) is 6.61 Å². The monoisotopic (exact) mass is 314 g/mol. The number of thioether (sulfide) groups is 1. The van der Waals surface area contributed by atoms with Gasteiger partial charge in [-0.15, -0.1) is 21.5 Å². The summed E-state index contributed by atoms with van der Waals surface area (Å²) in [6.45, 7) is 2.28. The third-order valence-electron chi connectivity index (χ3n) is 2.48. The molecule has 2 N–H and O–H groups in total. The average Bonchev–Trinajstić information content (AvgIpc) is 2.99. The van der Waals surface area contributed by atoms with E-state index in [-0.39, 0.29) is 12.4 Å². The number of nitrogens with zero attached hydrogens (tertiary/aromatic N) is 4. The summed E-state index contributed by atoms with van der Waals surface area (Å²) in [7, 11) is 0. The van der Waals surface area contributed by atoms with Gasteiger partial charge in [-0.2, -0.15) is 0 Å². The van der Waals surface area contributed by atoms with Crippen LogP contribution >= 0.6 is 23.1 Å². The number of aliphatic carboxylic acids is 1. The zero-order valence-corrected chi connectivity index (χ0v) is 12.4. The van der Waals surface area contributed by atoms with E-state index in [1.54, 1.807) is 15.9 Å². The molecule has 9 heteroatoms. The van der Waals surface area contributed by atoms with E-state index in [1.165, 1.54) is 0 Å². The lowest BCUT2D eigenvalue weighted by atomic mass is 10.4. The Hall–Kier alpha value is -1.45. The smallest absolute Gasteiger partial charge is 0.313 e. The molecule has 0 unspecified atom stereocenters. The number of aromatic nitrogens is 4. The summed E-state index contributed by atoms with van der Waals surface area (Å²) < 4.78 is 1.74. The molecule has 0 saturated carbocycles. The first kappa shape index (κ1) is 14.9. The molecule has 0 fully saturated rings. The maximum atomic E-state index is 10.6. The molecule has 0 amide bonds. The molecule has 0 saturated heterocycles. The Balaban J connectivity index is 2.07. The van der Waals surface area contributed by atoms with Crippen LogP contribution in [-0.2, 0) is 24.4 Å². The second-order valence-electron chi connectivity index (χ2n) is 4.02. The zero-order chi connectivity index (χ0) is 14.5. The molecular formula is C11H14N4O3S2. The summed E-state index contributed by atoms with van der Waals surface area (Å²) in [4.78, 5) is 15.0. The van der Waals surface area contributed by atoms with Gasteiger partial charge in [0, 0.05) is 24.0 Å². The number of thiazole rings is 1. The second kappa shape index (κ2) is 6.82. The third kappa shape index (κ3) is 3.78. The molecule has 0 radical (unpaired) electrons. The first-order valence-corrected chi connectivity index (χ1v) is 7.75. The highest BCUT2D eigenvalue weighted by atomic mass is 32.2. The quantitative estimate of drug-likeness (QED) is 0.734. The van der Waals surface area contributed by atoms with E-state index in [1.807, 2.05) is 12.3 Å². The number of hydrogen-bond acceptors (Lipinski definition) is 7. The van der Waals surface area contributed by atoms with E-state index in [2.05, 4.69) is 15.2 Å². The first-order valence-electron chi connectivity index (χ1n) is 5.88. The lowest BCUT2D eigenvalue weighted by molar-refractivity contribution is -0.133. The van der Waals surface area contributed by atoms with Crippen molar-refractivity contribution >= 4 is 29.1 Å². The van der Waals surface area contributed by atoms with E-state index in [4.69, 9.17) is 5.11 Å². The van der Waals surface area contributed by atoms with Crippen LogP contribution in [0.1, 0.15) is 16.5 Å². The maximum Gasteiger partial charge on any atom is 0.313 e. The molecule has 0 bridgehead atoms. The van der Waals surface area contributed by atoms with Crippen LogP contribution in [-0.4, -0.2) is 41.7 Å². The first-order chi connectivity index (χ1) is 9.60. The van der Waals surface area contributed by atoms with Crippen molar-refractivity contribution in [1.29, 1.82) is 0 Å². The molecule has 0 aliphatic rings. The van der Waals surface area contributed by atoms with Gasteiger partial charge >= 0.3 is 5.97 Å². The number of aryl methyl sites for hydroxylation is 2. The van der Waals surface area contributed by atoms with Crippen LogP contribution in [0.2, 0.25) is 0 Å². The van der Waals surface area contributed by atoms with E-state index >= 15 is 0 Å². The van der Waals surface area contributed by atoms with Gasteiger partial charge in [0.15, 0.2) is 11.0 Å². The minimum atomic E-state index is -0.911. The highest BCUT2D eigenvalue weighted by Crippen LogP contribution is 2.18. The highest BCUT2D eigenvalue weighted by Gasteiger charge is 2.13. The Morgan fingerprint density at radius 3 is 2.90 bits per heavy atom. The number of aliphatic hydroxyl groups is 1. The van der Waals surface area contributed by atoms with Crippen molar-refractivity contribution in [3.8, 4) is 0 Å². The molecule has 0 aliphatic heterocycles. The predicted molar refractivity (Wildman–Crippen MR) is 74.9 cm³/mol. The number of rotatable bonds is 7. The molecular weight excluding hydrogens is 300 g/mol. The Morgan fingerprint density at radius 2 is 2.30 bits per heavy atom. The summed E-state index contributed by atoms with van der Waals surface area (Å²) in [6, 6.07) is 0. The number of carbonyl (C=O) groups is 1. The fourth-order valence-electron chi connectivity index (χ4n) is 1.62. The highest BCUT2D eigenvalue weighted by molar-refractivity contribution is 7.99. The van der Waals surface area contributed by atoms with Crippen LogP contribution in [0.15, 0.2) is 10.5 Å². The van der Waals surface area contributed by atoms with Crippen LogP contribution in [0.5, 0.6) is 0 Å². The molecule has 108 valence electrons. The number of carboxylic acids is 1. The van der Waals surface area contributed by atoms with Crippen LogP contribution < -0.4 is 0 Å². The minimum absolute atomic E-state index is 0.0834. The van der Waals surface area contributed by atoms with Gasteiger partial charge in [-0.3, -0.25) is 4.79 Å². The third-order valence-corrected chi connectivity index (χ3v) is 4.45. The molecule has 0 aliphatic carbocycles. The molecule has 0 atom stereocenters. The normalized spacial score (nSPS) is 10.9. The van der Waals surface area contributed by atoms with Crippen molar-refractivity contribution in [1.82, 2.24) is 19.7 Å². The van der Waals surface area contributed by atoms with Crippen LogP contribution in [0.4, 0.5) is 0 Å². The van der Waals surface area contributed by atoms with E-state index in [9.17, 15) is 9.90 Å². The summed E-state index contributed by atoms with van der Waals surface area (Å²) in [6.07, 6.45) is 0.699. The topological polar surface area (TPSA) is 101 Å². The van der Waals surface area contributed by atoms with Gasteiger partial charge in [0.25, 0.3) is 0 Å². The van der Waals surface area contributed by atoms with Gasteiger partial charge in [-0.25, -0.2) is 4.98 Å². The summed E-state index contributed by atoms with van der Waals surface area (Å²) in [5, 5.41) is 29.2. The van der Waals surface area contributed by atoms with Gasteiger partial charge in [0.2, 0.25) is 0 Å². The fourth-order valence-corrected chi connectivity index (χ4v) is 3.09. The van der Waals surface area contributed by atoms with Gasteiger partial charge < -0.3 is 14.8 Å². The Morgan fingerprint density at radius 1 is 1.50 bits per heavy atom. The van der Waals surface area contributed by atoms with Gasteiger partial charge in [0.05, 0.1) is 10.8 Å².